The van der Waals surface area contributed by atoms with Crippen molar-refractivity contribution in [1.82, 2.24) is 0 Å². The van der Waals surface area contributed by atoms with E-state index in [2.05, 4.69) is 13.8 Å². The molecule has 0 saturated heterocycles. The van der Waals surface area contributed by atoms with Gasteiger partial charge in [0.1, 0.15) is 5.75 Å². The average molecular weight is 359 g/mol. The van der Waals surface area contributed by atoms with E-state index in [4.69, 9.17) is 0 Å². The van der Waals surface area contributed by atoms with Gasteiger partial charge in [-0.15, -0.1) is 0 Å². The van der Waals surface area contributed by atoms with E-state index in [9.17, 15) is 13.2 Å². The van der Waals surface area contributed by atoms with Crippen LogP contribution in [0.5, 0.6) is 0 Å². The van der Waals surface area contributed by atoms with Crippen LogP contribution in [0.25, 0.3) is 0 Å². The van der Waals surface area contributed by atoms with E-state index in [1.165, 1.54) is 17.7 Å². The van der Waals surface area contributed by atoms with Crippen molar-refractivity contribution in [2.45, 2.75) is 44.4 Å². The van der Waals surface area contributed by atoms with E-state index >= 15 is 0 Å². The van der Waals surface area contributed by atoms with Crippen molar-refractivity contribution in [2.75, 3.05) is 5.75 Å². The predicted octanol–water partition coefficient (Wildman–Crippen LogP) is 4.21. The van der Waals surface area contributed by atoms with Gasteiger partial charge in [0.2, 0.25) is 0 Å². The molecule has 0 aliphatic carbocycles. The van der Waals surface area contributed by atoms with Crippen molar-refractivity contribution in [3.63, 3.8) is 0 Å². The molecule has 0 amide bonds. The van der Waals surface area contributed by atoms with Gasteiger partial charge in [0.15, 0.2) is 15.6 Å². The lowest BCUT2D eigenvalue weighted by atomic mass is 9.80. The molecule has 4 heteroatoms. The number of rotatable bonds is 7. The Kier molecular flexibility index (Phi) is 5.83. The van der Waals surface area contributed by atoms with Crippen molar-refractivity contribution in [3.05, 3.63) is 65.7 Å². The fourth-order valence-electron chi connectivity index (χ4n) is 2.75. The summed E-state index contributed by atoms with van der Waals surface area (Å²) in [4.78, 5) is 12.9. The SMILES string of the molecule is CC(C)Cc1ccc(C(C)(C)C(=O)CS(=O)(=O)c2ccccc2)cc1. The van der Waals surface area contributed by atoms with Crippen LogP contribution in [0.1, 0.15) is 38.8 Å². The second-order valence-corrected chi connectivity index (χ2v) is 9.40. The van der Waals surface area contributed by atoms with E-state index in [-0.39, 0.29) is 10.7 Å². The van der Waals surface area contributed by atoms with Crippen LogP contribution in [0.3, 0.4) is 0 Å². The molecule has 0 N–H and O–H groups in total. The number of Topliss-reactive ketones (excluding diaryl/α,β-unsaturated/α-hetero) is 1. The number of carbonyl (C=O) groups excluding carboxylic acids is 1. The number of sulfone groups is 1. The molecule has 0 aliphatic rings. The van der Waals surface area contributed by atoms with Crippen LogP contribution in [0, 0.1) is 5.92 Å². The van der Waals surface area contributed by atoms with Gasteiger partial charge < -0.3 is 0 Å². The molecule has 0 aliphatic heterocycles. The molecule has 0 unspecified atom stereocenters. The molecule has 3 nitrogen and oxygen atoms in total. The van der Waals surface area contributed by atoms with E-state index < -0.39 is 21.0 Å². The highest BCUT2D eigenvalue weighted by Crippen LogP contribution is 2.27. The van der Waals surface area contributed by atoms with E-state index in [0.717, 1.165) is 12.0 Å². The van der Waals surface area contributed by atoms with Gasteiger partial charge in [0.05, 0.1) is 4.90 Å². The first-order chi connectivity index (χ1) is 11.6. The van der Waals surface area contributed by atoms with Gasteiger partial charge >= 0.3 is 0 Å². The van der Waals surface area contributed by atoms with Crippen LogP contribution in [0.2, 0.25) is 0 Å². The zero-order chi connectivity index (χ0) is 18.7. The molecule has 0 aromatic heterocycles. The summed E-state index contributed by atoms with van der Waals surface area (Å²) in [5.41, 5.74) is 1.21. The van der Waals surface area contributed by atoms with Gasteiger partial charge in [-0.05, 0) is 49.4 Å². The third-order valence-electron chi connectivity index (χ3n) is 4.44. The normalized spacial score (nSPS) is 12.4. The van der Waals surface area contributed by atoms with Gasteiger partial charge in [-0.1, -0.05) is 56.3 Å². The van der Waals surface area contributed by atoms with Crippen molar-refractivity contribution >= 4 is 15.6 Å². The summed E-state index contributed by atoms with van der Waals surface area (Å²) < 4.78 is 25.0. The van der Waals surface area contributed by atoms with Crippen LogP contribution < -0.4 is 0 Å². The molecule has 0 bridgehead atoms. The van der Waals surface area contributed by atoms with Crippen LogP contribution >= 0.6 is 0 Å². The van der Waals surface area contributed by atoms with Gasteiger partial charge in [-0.3, -0.25) is 4.79 Å². The number of benzene rings is 2. The number of hydrogen-bond acceptors (Lipinski definition) is 3. The maximum absolute atomic E-state index is 12.7. The zero-order valence-electron chi connectivity index (χ0n) is 15.3. The molecular formula is C21H26O3S. The minimum absolute atomic E-state index is 0.187. The Balaban J connectivity index is 2.20. The van der Waals surface area contributed by atoms with Gasteiger partial charge in [-0.2, -0.15) is 0 Å². The fraction of sp³-hybridized carbons (Fsp3) is 0.381. The predicted molar refractivity (Wildman–Crippen MR) is 102 cm³/mol. The van der Waals surface area contributed by atoms with Crippen LogP contribution in [-0.4, -0.2) is 20.0 Å². The molecule has 2 aromatic rings. The van der Waals surface area contributed by atoms with Crippen molar-refractivity contribution in [2.24, 2.45) is 5.92 Å². The fourth-order valence-corrected chi connectivity index (χ4v) is 4.20. The smallest absolute Gasteiger partial charge is 0.185 e. The van der Waals surface area contributed by atoms with Crippen molar-refractivity contribution < 1.29 is 13.2 Å². The molecule has 0 fully saturated rings. The van der Waals surface area contributed by atoms with Gasteiger partial charge in [0.25, 0.3) is 0 Å². The molecule has 0 spiro atoms. The molecule has 25 heavy (non-hydrogen) atoms. The minimum atomic E-state index is -3.62. The Morgan fingerprint density at radius 3 is 2.04 bits per heavy atom. The lowest BCUT2D eigenvalue weighted by Gasteiger charge is -2.24. The molecule has 0 radical (unpaired) electrons. The summed E-state index contributed by atoms with van der Waals surface area (Å²) in [5.74, 6) is -0.220. The van der Waals surface area contributed by atoms with Gasteiger partial charge in [-0.25, -0.2) is 8.42 Å². The Morgan fingerprint density at radius 1 is 0.960 bits per heavy atom. The number of carbonyl (C=O) groups is 1. The first-order valence-electron chi connectivity index (χ1n) is 8.53. The average Bonchev–Trinajstić information content (AvgIpc) is 2.55. The van der Waals surface area contributed by atoms with Crippen LogP contribution in [0.4, 0.5) is 0 Å². The molecule has 0 atom stereocenters. The lowest BCUT2D eigenvalue weighted by molar-refractivity contribution is -0.121. The van der Waals surface area contributed by atoms with Crippen molar-refractivity contribution in [1.29, 1.82) is 0 Å². The second kappa shape index (κ2) is 7.52. The summed E-state index contributed by atoms with van der Waals surface area (Å²) in [6.45, 7) is 7.90. The quantitative estimate of drug-likeness (QED) is 0.745. The van der Waals surface area contributed by atoms with E-state index in [1.54, 1.807) is 32.0 Å². The summed E-state index contributed by atoms with van der Waals surface area (Å²) >= 11 is 0. The summed E-state index contributed by atoms with van der Waals surface area (Å²) in [5, 5.41) is 0. The Morgan fingerprint density at radius 2 is 1.52 bits per heavy atom. The molecule has 0 saturated carbocycles. The Bertz CT molecular complexity index is 817. The maximum Gasteiger partial charge on any atom is 0.185 e. The summed E-state index contributed by atoms with van der Waals surface area (Å²) in [6.07, 6.45) is 0.983. The number of hydrogen-bond donors (Lipinski definition) is 0. The summed E-state index contributed by atoms with van der Waals surface area (Å²) in [7, 11) is -3.62. The van der Waals surface area contributed by atoms with Crippen LogP contribution in [0.15, 0.2) is 59.5 Å². The highest BCUT2D eigenvalue weighted by atomic mass is 32.2. The summed E-state index contributed by atoms with van der Waals surface area (Å²) in [6, 6.07) is 16.0. The molecular weight excluding hydrogens is 332 g/mol. The van der Waals surface area contributed by atoms with E-state index in [0.29, 0.717) is 5.92 Å². The highest BCUT2D eigenvalue weighted by Gasteiger charge is 2.33. The molecule has 2 rings (SSSR count). The van der Waals surface area contributed by atoms with E-state index in [1.807, 2.05) is 24.3 Å². The molecule has 0 heterocycles. The monoisotopic (exact) mass is 358 g/mol. The first-order valence-corrected chi connectivity index (χ1v) is 10.2. The second-order valence-electron chi connectivity index (χ2n) is 7.42. The zero-order valence-corrected chi connectivity index (χ0v) is 16.1. The Hall–Kier alpha value is -1.94. The highest BCUT2D eigenvalue weighted by molar-refractivity contribution is 7.92. The third kappa shape index (κ3) is 4.79. The Labute approximate surface area is 151 Å². The van der Waals surface area contributed by atoms with Crippen LogP contribution in [-0.2, 0) is 26.5 Å². The standard InChI is InChI=1S/C21H26O3S/c1-16(2)14-17-10-12-18(13-11-17)21(3,4)20(22)15-25(23,24)19-8-6-5-7-9-19/h5-13,16H,14-15H2,1-4H3. The van der Waals surface area contributed by atoms with Crippen molar-refractivity contribution in [3.8, 4) is 0 Å². The first kappa shape index (κ1) is 19.4. The topological polar surface area (TPSA) is 51.2 Å². The van der Waals surface area contributed by atoms with Gasteiger partial charge in [0, 0.05) is 5.41 Å². The number of ketones is 1. The third-order valence-corrected chi connectivity index (χ3v) is 6.07. The largest absolute Gasteiger partial charge is 0.298 e. The minimum Gasteiger partial charge on any atom is -0.298 e. The maximum atomic E-state index is 12.7. The molecule has 134 valence electrons. The molecule has 2 aromatic carbocycles. The lowest BCUT2D eigenvalue weighted by Crippen LogP contribution is -2.34.